The summed E-state index contributed by atoms with van der Waals surface area (Å²) in [4.78, 5) is 18.1. The molecule has 2 aromatic carbocycles. The van der Waals surface area contributed by atoms with Crippen LogP contribution in [0.5, 0.6) is 0 Å². The lowest BCUT2D eigenvalue weighted by atomic mass is 10.2. The predicted octanol–water partition coefficient (Wildman–Crippen LogP) is 2.70. The van der Waals surface area contributed by atoms with Gasteiger partial charge in [0.25, 0.3) is 0 Å². The number of anilines is 1. The Morgan fingerprint density at radius 1 is 1.06 bits per heavy atom. The SMILES string of the molecule is CN=C(NCc1cccc(NC(=O)CN(C)C)c1)NCC(C)COCc1ccccc1. The van der Waals surface area contributed by atoms with E-state index in [2.05, 4.69) is 40.0 Å². The number of nitrogens with one attached hydrogen (secondary N) is 3. The van der Waals surface area contributed by atoms with Crippen LogP contribution in [0, 0.1) is 5.92 Å². The van der Waals surface area contributed by atoms with E-state index < -0.39 is 0 Å². The summed E-state index contributed by atoms with van der Waals surface area (Å²) in [7, 11) is 5.49. The number of nitrogens with zero attached hydrogens (tertiary/aromatic N) is 2. The maximum absolute atomic E-state index is 11.9. The predicted molar refractivity (Wildman–Crippen MR) is 127 cm³/mol. The van der Waals surface area contributed by atoms with Gasteiger partial charge < -0.3 is 25.6 Å². The van der Waals surface area contributed by atoms with Crippen molar-refractivity contribution in [2.45, 2.75) is 20.1 Å². The first-order valence-corrected chi connectivity index (χ1v) is 10.6. The van der Waals surface area contributed by atoms with Crippen molar-refractivity contribution in [1.82, 2.24) is 15.5 Å². The highest BCUT2D eigenvalue weighted by atomic mass is 16.5. The minimum Gasteiger partial charge on any atom is -0.376 e. The molecule has 1 unspecified atom stereocenters. The number of carbonyl (C=O) groups excluding carboxylic acids is 1. The first-order valence-electron chi connectivity index (χ1n) is 10.6. The molecule has 1 atom stereocenters. The normalized spacial score (nSPS) is 12.5. The Morgan fingerprint density at radius 3 is 2.52 bits per heavy atom. The molecule has 31 heavy (non-hydrogen) atoms. The second-order valence-corrected chi connectivity index (χ2v) is 7.90. The topological polar surface area (TPSA) is 78.0 Å². The zero-order valence-corrected chi connectivity index (χ0v) is 19.0. The quantitative estimate of drug-likeness (QED) is 0.381. The molecule has 0 saturated heterocycles. The van der Waals surface area contributed by atoms with Crippen molar-refractivity contribution < 1.29 is 9.53 Å². The van der Waals surface area contributed by atoms with Gasteiger partial charge in [-0.1, -0.05) is 49.4 Å². The number of guanidine groups is 1. The van der Waals surface area contributed by atoms with E-state index in [4.69, 9.17) is 4.74 Å². The van der Waals surface area contributed by atoms with Crippen molar-refractivity contribution in [2.75, 3.05) is 46.2 Å². The molecular formula is C24H35N5O2. The number of benzene rings is 2. The molecule has 2 rings (SSSR count). The molecule has 0 aromatic heterocycles. The van der Waals surface area contributed by atoms with Gasteiger partial charge in [-0.25, -0.2) is 0 Å². The summed E-state index contributed by atoms with van der Waals surface area (Å²) in [5.41, 5.74) is 3.03. The standard InChI is InChI=1S/C24H35N5O2/c1-19(17-31-18-20-9-6-5-7-10-20)14-26-24(25-2)27-15-21-11-8-12-22(13-21)28-23(30)16-29(3)4/h5-13,19H,14-18H2,1-4H3,(H,28,30)(H2,25,26,27). The van der Waals surface area contributed by atoms with E-state index in [0.717, 1.165) is 23.8 Å². The minimum absolute atomic E-state index is 0.0314. The lowest BCUT2D eigenvalue weighted by molar-refractivity contribution is -0.116. The van der Waals surface area contributed by atoms with Crippen LogP contribution in [0.3, 0.4) is 0 Å². The molecule has 2 aromatic rings. The molecule has 0 radical (unpaired) electrons. The van der Waals surface area contributed by atoms with E-state index in [1.807, 2.05) is 61.5 Å². The molecule has 0 aliphatic rings. The average Bonchev–Trinajstić information content (AvgIpc) is 2.74. The fourth-order valence-electron chi connectivity index (χ4n) is 2.94. The van der Waals surface area contributed by atoms with Crippen LogP contribution in [0.1, 0.15) is 18.1 Å². The van der Waals surface area contributed by atoms with Crippen molar-refractivity contribution in [1.29, 1.82) is 0 Å². The van der Waals surface area contributed by atoms with Crippen LogP contribution in [0.25, 0.3) is 0 Å². The van der Waals surface area contributed by atoms with Gasteiger partial charge in [0.05, 0.1) is 19.8 Å². The molecule has 0 aliphatic carbocycles. The molecule has 168 valence electrons. The van der Waals surface area contributed by atoms with Gasteiger partial charge in [0.2, 0.25) is 5.91 Å². The van der Waals surface area contributed by atoms with Crippen LogP contribution in [0.2, 0.25) is 0 Å². The monoisotopic (exact) mass is 425 g/mol. The van der Waals surface area contributed by atoms with Crippen LogP contribution in [0.15, 0.2) is 59.6 Å². The largest absolute Gasteiger partial charge is 0.376 e. The van der Waals surface area contributed by atoms with Gasteiger partial charge in [-0.15, -0.1) is 0 Å². The first kappa shape index (κ1) is 24.4. The third kappa shape index (κ3) is 10.1. The van der Waals surface area contributed by atoms with Crippen molar-refractivity contribution in [2.24, 2.45) is 10.9 Å². The molecule has 7 nitrogen and oxygen atoms in total. The van der Waals surface area contributed by atoms with E-state index in [9.17, 15) is 4.79 Å². The number of aliphatic imine (C=N–C) groups is 1. The fraction of sp³-hybridized carbons (Fsp3) is 0.417. The maximum Gasteiger partial charge on any atom is 0.238 e. The minimum atomic E-state index is -0.0314. The summed E-state index contributed by atoms with van der Waals surface area (Å²) in [6.45, 7) is 5.16. The van der Waals surface area contributed by atoms with Crippen LogP contribution in [0.4, 0.5) is 5.69 Å². The Bertz CT molecular complexity index is 824. The highest BCUT2D eigenvalue weighted by Gasteiger charge is 2.07. The van der Waals surface area contributed by atoms with Crippen molar-refractivity contribution in [3.63, 3.8) is 0 Å². The molecule has 7 heteroatoms. The van der Waals surface area contributed by atoms with Crippen LogP contribution < -0.4 is 16.0 Å². The lowest BCUT2D eigenvalue weighted by Gasteiger charge is -2.17. The zero-order chi connectivity index (χ0) is 22.5. The van der Waals surface area contributed by atoms with E-state index in [0.29, 0.717) is 32.2 Å². The summed E-state index contributed by atoms with van der Waals surface area (Å²) in [6, 6.07) is 18.0. The van der Waals surface area contributed by atoms with E-state index in [-0.39, 0.29) is 5.91 Å². The maximum atomic E-state index is 11.9. The Hall–Kier alpha value is -2.90. The lowest BCUT2D eigenvalue weighted by Crippen LogP contribution is -2.39. The Morgan fingerprint density at radius 2 is 1.81 bits per heavy atom. The van der Waals surface area contributed by atoms with Crippen LogP contribution in [-0.4, -0.2) is 57.6 Å². The summed E-state index contributed by atoms with van der Waals surface area (Å²) in [5.74, 6) is 1.05. The highest BCUT2D eigenvalue weighted by Crippen LogP contribution is 2.10. The van der Waals surface area contributed by atoms with Gasteiger partial charge >= 0.3 is 0 Å². The van der Waals surface area contributed by atoms with Crippen LogP contribution >= 0.6 is 0 Å². The molecule has 0 fully saturated rings. The fourth-order valence-corrected chi connectivity index (χ4v) is 2.94. The Labute approximate surface area is 185 Å². The molecule has 1 amide bonds. The third-order valence-electron chi connectivity index (χ3n) is 4.49. The number of amides is 1. The number of rotatable bonds is 11. The summed E-state index contributed by atoms with van der Waals surface area (Å²) in [6.07, 6.45) is 0. The smallest absolute Gasteiger partial charge is 0.238 e. The van der Waals surface area contributed by atoms with Crippen molar-refractivity contribution in [3.05, 3.63) is 65.7 Å². The third-order valence-corrected chi connectivity index (χ3v) is 4.49. The van der Waals surface area contributed by atoms with Gasteiger partial charge in [-0.2, -0.15) is 0 Å². The molecule has 0 aliphatic heterocycles. The summed E-state index contributed by atoms with van der Waals surface area (Å²) in [5, 5.41) is 9.57. The van der Waals surface area contributed by atoms with Gasteiger partial charge in [-0.05, 0) is 43.3 Å². The van der Waals surface area contributed by atoms with Crippen LogP contribution in [-0.2, 0) is 22.7 Å². The van der Waals surface area contributed by atoms with E-state index in [1.54, 1.807) is 7.05 Å². The highest BCUT2D eigenvalue weighted by molar-refractivity contribution is 5.92. The average molecular weight is 426 g/mol. The number of likely N-dealkylation sites (N-methyl/N-ethyl adjacent to an activating group) is 1. The summed E-state index contributed by atoms with van der Waals surface area (Å²) >= 11 is 0. The van der Waals surface area contributed by atoms with Crippen molar-refractivity contribution >= 4 is 17.6 Å². The van der Waals surface area contributed by atoms with Crippen molar-refractivity contribution in [3.8, 4) is 0 Å². The molecule has 0 saturated carbocycles. The Balaban J connectivity index is 1.71. The second-order valence-electron chi connectivity index (χ2n) is 7.90. The van der Waals surface area contributed by atoms with E-state index >= 15 is 0 Å². The second kappa shape index (κ2) is 13.4. The molecule has 3 N–H and O–H groups in total. The first-order chi connectivity index (χ1) is 15.0. The molecule has 0 bridgehead atoms. The van der Waals surface area contributed by atoms with Gasteiger partial charge in [0, 0.05) is 25.8 Å². The number of ether oxygens (including phenoxy) is 1. The number of hydrogen-bond acceptors (Lipinski definition) is 4. The zero-order valence-electron chi connectivity index (χ0n) is 19.0. The van der Waals surface area contributed by atoms with Gasteiger partial charge in [0.15, 0.2) is 5.96 Å². The molecular weight excluding hydrogens is 390 g/mol. The Kier molecular flexibility index (Phi) is 10.5. The van der Waals surface area contributed by atoms with Gasteiger partial charge in [0.1, 0.15) is 0 Å². The number of carbonyl (C=O) groups is 1. The molecule has 0 heterocycles. The molecule has 0 spiro atoms. The number of hydrogen-bond donors (Lipinski definition) is 3. The summed E-state index contributed by atoms with van der Waals surface area (Å²) < 4.78 is 5.81. The van der Waals surface area contributed by atoms with E-state index in [1.165, 1.54) is 5.56 Å². The van der Waals surface area contributed by atoms with Gasteiger partial charge in [-0.3, -0.25) is 9.79 Å².